The topological polar surface area (TPSA) is 88.9 Å². The van der Waals surface area contributed by atoms with E-state index in [1.807, 2.05) is 10.8 Å². The molecule has 16 heteroatoms. The number of aryl methyl sites for hydroxylation is 3. The minimum Gasteiger partial charge on any atom is -1.00 e. The molecule has 0 aliphatic carbocycles. The molecule has 1 N–H and O–H groups in total. The fraction of sp³-hybridized carbons (Fsp3) is 0.409. The number of aliphatic hydroxyl groups excluding tert-OH is 1. The van der Waals surface area contributed by atoms with E-state index in [9.17, 15) is 4.79 Å². The molecule has 0 saturated heterocycles. The number of aliphatic hydroxyl groups is 1. The first-order valence-electron chi connectivity index (χ1n) is 9.20. The van der Waals surface area contributed by atoms with Crippen molar-refractivity contribution in [1.29, 1.82) is 0 Å². The number of aldehydes is 1. The molecule has 0 fully saturated rings. The summed E-state index contributed by atoms with van der Waals surface area (Å²) >= 11 is 19.1. The molecule has 6 nitrogen and oxygen atoms in total. The predicted molar refractivity (Wildman–Crippen MR) is 181 cm³/mol. The Labute approximate surface area is 302 Å². The van der Waals surface area contributed by atoms with Crippen molar-refractivity contribution in [3.8, 4) is 0 Å². The number of carbonyl (C=O) groups excluding carboxylic acids is 1. The van der Waals surface area contributed by atoms with Gasteiger partial charge in [-0.25, -0.2) is 19.9 Å². The van der Waals surface area contributed by atoms with Crippen LogP contribution in [0, 0.1) is 6.92 Å². The molecule has 0 amide bonds. The van der Waals surface area contributed by atoms with Crippen LogP contribution in [0.3, 0.4) is 0 Å². The summed E-state index contributed by atoms with van der Waals surface area (Å²) in [4.78, 5) is 27.4. The van der Waals surface area contributed by atoms with E-state index in [-0.39, 0.29) is 68.3 Å². The van der Waals surface area contributed by atoms with Crippen molar-refractivity contribution >= 4 is 124 Å². The summed E-state index contributed by atoms with van der Waals surface area (Å²) < 4.78 is 3.49. The molecular weight excluding hydrogens is 834 g/mol. The van der Waals surface area contributed by atoms with Gasteiger partial charge < -0.3 is 6.53 Å². The summed E-state index contributed by atoms with van der Waals surface area (Å²) in [6.45, 7) is 6.33. The third-order valence-corrected chi connectivity index (χ3v) is 10.0. The van der Waals surface area contributed by atoms with Gasteiger partial charge in [-0.3, -0.25) is 4.79 Å². The summed E-state index contributed by atoms with van der Waals surface area (Å²) in [6, 6.07) is 0. The average molecular weight is 867 g/mol. The number of thiazole rings is 4. The number of rotatable bonds is 4. The van der Waals surface area contributed by atoms with E-state index in [2.05, 4.69) is 104 Å². The Bertz CT molecular complexity index is 1060. The Morgan fingerprint density at radius 3 is 1.45 bits per heavy atom. The van der Waals surface area contributed by atoms with Gasteiger partial charge in [0.15, 0.2) is 11.3 Å². The second-order valence-electron chi connectivity index (χ2n) is 5.57. The van der Waals surface area contributed by atoms with Gasteiger partial charge in [0, 0.05) is 29.4 Å². The maximum atomic E-state index is 9.95. The molecule has 0 aliphatic heterocycles. The van der Waals surface area contributed by atoms with E-state index in [0.717, 1.165) is 42.5 Å². The summed E-state index contributed by atoms with van der Waals surface area (Å²) in [6.07, 6.45) is 2.81. The second-order valence-corrected chi connectivity index (χ2v) is 12.8. The van der Waals surface area contributed by atoms with Crippen molar-refractivity contribution in [2.45, 2.75) is 62.5 Å². The van der Waals surface area contributed by atoms with Crippen LogP contribution in [0.4, 0.5) is 0 Å². The van der Waals surface area contributed by atoms with Crippen molar-refractivity contribution in [3.63, 3.8) is 0 Å². The van der Waals surface area contributed by atoms with E-state index in [0.29, 0.717) is 5.01 Å². The quantitative estimate of drug-likeness (QED) is 0.176. The number of aromatic nitrogens is 4. The van der Waals surface area contributed by atoms with Gasteiger partial charge in [0.1, 0.15) is 23.4 Å². The number of nitrogens with zero attached hydrogens (tertiary/aromatic N) is 4. The molecule has 4 aromatic heterocycles. The van der Waals surface area contributed by atoms with Gasteiger partial charge in [-0.2, -0.15) is 0 Å². The largest absolute Gasteiger partial charge is 1.00 e. The summed E-state index contributed by atoms with van der Waals surface area (Å²) in [5.74, 6) is 0. The molecule has 3 radical (unpaired) electrons. The molecule has 4 rings (SSSR count). The number of hydrogen-bond donors (Lipinski definition) is 1. The normalized spacial score (nSPS) is 8.42. The van der Waals surface area contributed by atoms with Crippen LogP contribution in [0.5, 0.6) is 0 Å². The minimum absolute atomic E-state index is 0. The molecule has 0 atom stereocenters. The predicted octanol–water partition coefficient (Wildman–Crippen LogP) is 7.00. The van der Waals surface area contributed by atoms with Crippen LogP contribution in [0.1, 0.15) is 67.3 Å². The van der Waals surface area contributed by atoms with Gasteiger partial charge in [0.2, 0.25) is 0 Å². The van der Waals surface area contributed by atoms with Gasteiger partial charge in [0.25, 0.3) is 0 Å². The van der Waals surface area contributed by atoms with Crippen LogP contribution >= 0.6 is 109 Å². The van der Waals surface area contributed by atoms with Gasteiger partial charge in [-0.15, -0.1) is 45.3 Å². The molecule has 0 unspecified atom stereocenters. The van der Waals surface area contributed by atoms with Gasteiger partial charge in [-0.05, 0) is 83.5 Å². The minimum atomic E-state index is 0. The third kappa shape index (κ3) is 20.9. The molecule has 4 heterocycles. The zero-order valence-electron chi connectivity index (χ0n) is 20.3. The molecule has 0 saturated carbocycles. The fourth-order valence-corrected chi connectivity index (χ4v) is 6.46. The smallest absolute Gasteiger partial charge is 1.00 e. The van der Waals surface area contributed by atoms with Crippen molar-refractivity contribution in [2.24, 2.45) is 0 Å². The first-order chi connectivity index (χ1) is 15.7. The molecular formula is C22H33BBr4N4NaO2S4. The maximum Gasteiger partial charge on any atom is 1.00 e. The number of carbonyl (C=O) groups is 1. The zero-order valence-corrected chi connectivity index (χ0v) is 30.9. The Hall–Kier alpha value is 1.13. The number of hydrogen-bond acceptors (Lipinski definition) is 10. The molecule has 0 bridgehead atoms. The zero-order chi connectivity index (χ0) is 24.8. The fourth-order valence-electron chi connectivity index (χ4n) is 1.71. The maximum absolute atomic E-state index is 9.95. The van der Waals surface area contributed by atoms with Crippen molar-refractivity contribution in [3.05, 3.63) is 59.5 Å². The summed E-state index contributed by atoms with van der Waals surface area (Å²) in [7, 11) is 0. The van der Waals surface area contributed by atoms with E-state index >= 15 is 0 Å². The molecule has 4 aromatic rings. The molecule has 0 spiro atoms. The van der Waals surface area contributed by atoms with Crippen molar-refractivity contribution in [1.82, 2.24) is 19.9 Å². The number of halogens is 4. The monoisotopic (exact) mass is 863 g/mol. The van der Waals surface area contributed by atoms with Crippen LogP contribution < -0.4 is 29.6 Å². The van der Waals surface area contributed by atoms with Gasteiger partial charge >= 0.3 is 29.6 Å². The Balaban J connectivity index is -0.0000000886. The first kappa shape index (κ1) is 48.8. The van der Waals surface area contributed by atoms with E-state index in [4.69, 9.17) is 5.11 Å². The third-order valence-electron chi connectivity index (χ3n) is 3.17. The standard InChI is InChI=1S/C6H8BrNS.C5H6BrNS.C4H4BrNOS.C4H2BrNOS.3CH4.B.Na.H/c1-3-5-8-6(7)4(2)9-5;1-2-5-7-4(6)3-8-5;2*5-3-2-8-4(1-7)6-3;;;;;;/h3H2,1-2H3;3H,2H2,1H3;2,7H,1H2;1-2H;3*1H4;;;/q;;;;;;;;+1;-1. The van der Waals surface area contributed by atoms with Crippen LogP contribution in [0.2, 0.25) is 0 Å². The molecule has 38 heavy (non-hydrogen) atoms. The van der Waals surface area contributed by atoms with Crippen LogP contribution in [-0.2, 0) is 19.4 Å². The Kier molecular flexibility index (Phi) is 36.3. The van der Waals surface area contributed by atoms with Crippen LogP contribution in [0.15, 0.2) is 34.6 Å². The van der Waals surface area contributed by atoms with E-state index in [1.165, 1.54) is 37.6 Å². The summed E-state index contributed by atoms with van der Waals surface area (Å²) in [5.41, 5.74) is 0. The van der Waals surface area contributed by atoms with Crippen molar-refractivity contribution in [2.75, 3.05) is 0 Å². The van der Waals surface area contributed by atoms with Gasteiger partial charge in [0.05, 0.1) is 16.6 Å². The summed E-state index contributed by atoms with van der Waals surface area (Å²) in [5, 5.41) is 17.7. The molecule has 209 valence electrons. The molecule has 0 aromatic carbocycles. The first-order valence-corrected chi connectivity index (χ1v) is 15.8. The van der Waals surface area contributed by atoms with Crippen LogP contribution in [0.25, 0.3) is 0 Å². The SMILES string of the molecule is C.C.C.CCc1nc(Br)c(C)s1.CCc1nc(Br)cs1.O=Cc1nc(Br)cs1.OCc1nc(Br)cs1.[B].[H-].[Na+]. The Morgan fingerprint density at radius 1 is 0.816 bits per heavy atom. The van der Waals surface area contributed by atoms with E-state index < -0.39 is 0 Å². The van der Waals surface area contributed by atoms with Crippen molar-refractivity contribution < 1.29 is 40.9 Å². The van der Waals surface area contributed by atoms with Gasteiger partial charge in [-0.1, -0.05) is 36.1 Å². The van der Waals surface area contributed by atoms with E-state index in [1.54, 1.807) is 28.1 Å². The second kappa shape index (κ2) is 28.3. The molecule has 0 aliphatic rings. The van der Waals surface area contributed by atoms with Crippen LogP contribution in [-0.4, -0.2) is 39.7 Å². The Morgan fingerprint density at radius 2 is 1.26 bits per heavy atom. The average Bonchev–Trinajstić information content (AvgIpc) is 3.59.